The maximum Gasteiger partial charge on any atom is 0.319 e. The summed E-state index contributed by atoms with van der Waals surface area (Å²) < 4.78 is 0. The molecule has 110 valence electrons. The number of carbonyl (C=O) groups excluding carboxylic acids is 2. The molecule has 1 fully saturated rings. The molecule has 19 heavy (non-hydrogen) atoms. The van der Waals surface area contributed by atoms with Gasteiger partial charge in [-0.3, -0.25) is 9.69 Å². The lowest BCUT2D eigenvalue weighted by atomic mass is 10.3. The molecule has 1 heterocycles. The smallest absolute Gasteiger partial charge is 0.319 e. The number of rotatable bonds is 3. The third-order valence-corrected chi connectivity index (χ3v) is 3.55. The van der Waals surface area contributed by atoms with E-state index in [0.29, 0.717) is 19.6 Å². The maximum atomic E-state index is 12.0. The highest BCUT2D eigenvalue weighted by Crippen LogP contribution is 2.05. The summed E-state index contributed by atoms with van der Waals surface area (Å²) in [6, 6.07) is 0.273. The Kier molecular flexibility index (Phi) is 5.60. The Morgan fingerprint density at radius 3 is 2.00 bits per heavy atom. The molecule has 0 N–H and O–H groups in total. The van der Waals surface area contributed by atoms with Crippen LogP contribution in [0.2, 0.25) is 0 Å². The Labute approximate surface area is 115 Å². The first-order valence-corrected chi connectivity index (χ1v) is 6.77. The topological polar surface area (TPSA) is 47.1 Å². The summed E-state index contributed by atoms with van der Waals surface area (Å²) in [6.45, 7) is 7.36. The molecule has 1 aliphatic heterocycles. The fourth-order valence-corrected chi connectivity index (χ4v) is 1.97. The van der Waals surface area contributed by atoms with Crippen LogP contribution in [-0.4, -0.2) is 91.4 Å². The van der Waals surface area contributed by atoms with Crippen molar-refractivity contribution in [3.63, 3.8) is 0 Å². The Morgan fingerprint density at radius 1 is 1.05 bits per heavy atom. The van der Waals surface area contributed by atoms with Gasteiger partial charge in [0.05, 0.1) is 6.54 Å². The predicted octanol–water partition coefficient (Wildman–Crippen LogP) is 0.152. The normalized spacial score (nSPS) is 16.6. The highest BCUT2D eigenvalue weighted by molar-refractivity contribution is 5.78. The number of amides is 3. The standard InChI is InChI=1S/C13H26N4O2/c1-11(2)15(5)12(18)10-16-6-8-17(9-7-16)13(19)14(3)4/h11H,6-10H2,1-5H3. The van der Waals surface area contributed by atoms with Gasteiger partial charge in [0.2, 0.25) is 5.91 Å². The lowest BCUT2D eigenvalue weighted by Gasteiger charge is -2.36. The summed E-state index contributed by atoms with van der Waals surface area (Å²) in [5, 5.41) is 0. The fraction of sp³-hybridized carbons (Fsp3) is 0.846. The van der Waals surface area contributed by atoms with Gasteiger partial charge in [-0.1, -0.05) is 0 Å². The van der Waals surface area contributed by atoms with Gasteiger partial charge >= 0.3 is 6.03 Å². The summed E-state index contributed by atoms with van der Waals surface area (Å²) in [4.78, 5) is 31.0. The molecule has 0 aromatic rings. The van der Waals surface area contributed by atoms with E-state index in [2.05, 4.69) is 4.90 Å². The number of hydrogen-bond acceptors (Lipinski definition) is 3. The second-order valence-electron chi connectivity index (χ2n) is 5.54. The highest BCUT2D eigenvalue weighted by atomic mass is 16.2. The van der Waals surface area contributed by atoms with E-state index >= 15 is 0 Å². The van der Waals surface area contributed by atoms with E-state index < -0.39 is 0 Å². The summed E-state index contributed by atoms with van der Waals surface area (Å²) >= 11 is 0. The van der Waals surface area contributed by atoms with Crippen LogP contribution in [0.5, 0.6) is 0 Å². The van der Waals surface area contributed by atoms with E-state index in [1.54, 1.807) is 23.9 Å². The number of piperazine rings is 1. The van der Waals surface area contributed by atoms with Crippen molar-refractivity contribution in [2.45, 2.75) is 19.9 Å². The summed E-state index contributed by atoms with van der Waals surface area (Å²) in [6.07, 6.45) is 0. The number of urea groups is 1. The molecule has 0 bridgehead atoms. The molecule has 0 radical (unpaired) electrons. The molecule has 6 nitrogen and oxygen atoms in total. The minimum absolute atomic E-state index is 0.0466. The molecule has 0 unspecified atom stereocenters. The van der Waals surface area contributed by atoms with Gasteiger partial charge in [-0.05, 0) is 13.8 Å². The van der Waals surface area contributed by atoms with Crippen molar-refractivity contribution < 1.29 is 9.59 Å². The number of hydrogen-bond donors (Lipinski definition) is 0. The monoisotopic (exact) mass is 270 g/mol. The number of carbonyl (C=O) groups is 2. The molecule has 6 heteroatoms. The van der Waals surface area contributed by atoms with Gasteiger partial charge in [-0.2, -0.15) is 0 Å². The molecular formula is C13H26N4O2. The quantitative estimate of drug-likeness (QED) is 0.733. The molecular weight excluding hydrogens is 244 g/mol. The molecule has 1 saturated heterocycles. The van der Waals surface area contributed by atoms with E-state index in [-0.39, 0.29) is 18.0 Å². The largest absolute Gasteiger partial charge is 0.342 e. The van der Waals surface area contributed by atoms with Crippen LogP contribution in [-0.2, 0) is 4.79 Å². The Hall–Kier alpha value is -1.30. The molecule has 0 saturated carbocycles. The zero-order valence-corrected chi connectivity index (χ0v) is 12.7. The van der Waals surface area contributed by atoms with Crippen LogP contribution in [0.3, 0.4) is 0 Å². The van der Waals surface area contributed by atoms with E-state index in [1.807, 2.05) is 25.8 Å². The van der Waals surface area contributed by atoms with Crippen molar-refractivity contribution in [3.05, 3.63) is 0 Å². The van der Waals surface area contributed by atoms with Crippen molar-refractivity contribution in [1.29, 1.82) is 0 Å². The summed E-state index contributed by atoms with van der Waals surface area (Å²) in [7, 11) is 5.35. The average Bonchev–Trinajstić information content (AvgIpc) is 2.37. The summed E-state index contributed by atoms with van der Waals surface area (Å²) in [5.74, 6) is 0.141. The van der Waals surface area contributed by atoms with Gasteiger partial charge in [0.15, 0.2) is 0 Å². The zero-order valence-electron chi connectivity index (χ0n) is 12.7. The van der Waals surface area contributed by atoms with Gasteiger partial charge in [-0.25, -0.2) is 4.79 Å². The predicted molar refractivity (Wildman–Crippen MR) is 75.0 cm³/mol. The van der Waals surface area contributed by atoms with E-state index in [9.17, 15) is 9.59 Å². The lowest BCUT2D eigenvalue weighted by Crippen LogP contribution is -2.53. The first-order valence-electron chi connectivity index (χ1n) is 6.77. The van der Waals surface area contributed by atoms with E-state index in [1.165, 1.54) is 0 Å². The third kappa shape index (κ3) is 4.38. The van der Waals surface area contributed by atoms with Crippen LogP contribution >= 0.6 is 0 Å². The van der Waals surface area contributed by atoms with Gasteiger partial charge < -0.3 is 14.7 Å². The second-order valence-corrected chi connectivity index (χ2v) is 5.54. The van der Waals surface area contributed by atoms with Gasteiger partial charge in [-0.15, -0.1) is 0 Å². The lowest BCUT2D eigenvalue weighted by molar-refractivity contribution is -0.132. The Balaban J connectivity index is 2.38. The Morgan fingerprint density at radius 2 is 1.58 bits per heavy atom. The molecule has 0 aromatic carbocycles. The number of likely N-dealkylation sites (N-methyl/N-ethyl adjacent to an activating group) is 1. The Bertz CT molecular complexity index is 323. The molecule has 1 rings (SSSR count). The molecule has 1 aliphatic rings. The molecule has 0 atom stereocenters. The SMILES string of the molecule is CC(C)N(C)C(=O)CN1CCN(C(=O)N(C)C)CC1. The second kappa shape index (κ2) is 6.75. The molecule has 0 spiro atoms. The average molecular weight is 270 g/mol. The van der Waals surface area contributed by atoms with Crippen LogP contribution in [0.15, 0.2) is 0 Å². The van der Waals surface area contributed by atoms with Crippen LogP contribution in [0.4, 0.5) is 4.79 Å². The first kappa shape index (κ1) is 15.8. The van der Waals surface area contributed by atoms with Crippen molar-refractivity contribution in [3.8, 4) is 0 Å². The fourth-order valence-electron chi connectivity index (χ4n) is 1.97. The first-order chi connectivity index (χ1) is 8.82. The molecule has 3 amide bonds. The minimum atomic E-state index is 0.0466. The van der Waals surface area contributed by atoms with Gasteiger partial charge in [0, 0.05) is 53.4 Å². The number of nitrogens with zero attached hydrogens (tertiary/aromatic N) is 4. The van der Waals surface area contributed by atoms with Gasteiger partial charge in [0.25, 0.3) is 0 Å². The van der Waals surface area contributed by atoms with Crippen molar-refractivity contribution >= 4 is 11.9 Å². The molecule has 0 aromatic heterocycles. The van der Waals surface area contributed by atoms with Crippen LogP contribution in [0.1, 0.15) is 13.8 Å². The van der Waals surface area contributed by atoms with E-state index in [0.717, 1.165) is 13.1 Å². The van der Waals surface area contributed by atoms with Crippen LogP contribution in [0.25, 0.3) is 0 Å². The van der Waals surface area contributed by atoms with Crippen molar-refractivity contribution in [1.82, 2.24) is 19.6 Å². The minimum Gasteiger partial charge on any atom is -0.342 e. The van der Waals surface area contributed by atoms with E-state index in [4.69, 9.17) is 0 Å². The van der Waals surface area contributed by atoms with Crippen LogP contribution < -0.4 is 0 Å². The maximum absolute atomic E-state index is 12.0. The molecule has 0 aliphatic carbocycles. The van der Waals surface area contributed by atoms with Crippen molar-refractivity contribution in [2.75, 3.05) is 53.9 Å². The van der Waals surface area contributed by atoms with Crippen molar-refractivity contribution in [2.24, 2.45) is 0 Å². The summed E-state index contributed by atoms with van der Waals surface area (Å²) in [5.41, 5.74) is 0. The zero-order chi connectivity index (χ0) is 14.6. The highest BCUT2D eigenvalue weighted by Gasteiger charge is 2.24. The van der Waals surface area contributed by atoms with Gasteiger partial charge in [0.1, 0.15) is 0 Å². The van der Waals surface area contributed by atoms with Crippen LogP contribution in [0, 0.1) is 0 Å². The third-order valence-electron chi connectivity index (χ3n) is 3.55.